The molecule has 0 amide bonds. The summed E-state index contributed by atoms with van der Waals surface area (Å²) in [6, 6.07) is 0. The van der Waals surface area contributed by atoms with Crippen LogP contribution < -0.4 is 109 Å². The van der Waals surface area contributed by atoms with Crippen LogP contribution in [-0.2, 0) is 11.8 Å². The summed E-state index contributed by atoms with van der Waals surface area (Å²) in [4.78, 5) is 26.8. The van der Waals surface area contributed by atoms with Gasteiger partial charge in [0.25, 0.3) is 0 Å². The second kappa shape index (κ2) is 19.1. The monoisotopic (exact) mass is 225 g/mol. The molecule has 0 aliphatic rings. The second-order valence-corrected chi connectivity index (χ2v) is 3.09. The van der Waals surface area contributed by atoms with E-state index in [0.29, 0.717) is 0 Å². The number of hydrogen-bond acceptors (Lipinski definition) is 5. The molecule has 0 fully saturated rings. The van der Waals surface area contributed by atoms with Gasteiger partial charge in [-0.05, 0) is 6.54 Å². The molecule has 0 spiro atoms. The quantitative estimate of drug-likeness (QED) is 0.326. The van der Waals surface area contributed by atoms with Crippen molar-refractivity contribution in [3.05, 3.63) is 0 Å². The molecule has 0 aliphatic carbocycles. The minimum Gasteiger partial charge on any atom is -0.844 e. The fourth-order valence-corrected chi connectivity index (χ4v) is 0. The van der Waals surface area contributed by atoms with Gasteiger partial charge in [-0.1, -0.05) is 6.92 Å². The maximum Gasteiger partial charge on any atom is 1.00 e. The molecule has 0 atom stereocenters. The molecule has 9 heteroatoms. The zero-order chi connectivity index (χ0) is 7.21. The Hall–Kier alpha value is 3.49. The molecule has 0 saturated carbocycles. The van der Waals surface area contributed by atoms with E-state index >= 15 is 0 Å². The molecule has 0 radical (unpaired) electrons. The van der Waals surface area contributed by atoms with Gasteiger partial charge in [-0.15, -0.1) is 0 Å². The Morgan fingerprint density at radius 2 is 1.18 bits per heavy atom. The molecule has 0 aromatic rings. The van der Waals surface area contributed by atoms with E-state index in [1.54, 1.807) is 0 Å². The standard InChI is InChI=1S/C2H7N.3Na.H3O3PS/c1-2-3;;;;1-4(2,3)5/h2-3H2,1H3;;;;(H3,1,2,3,5)/q;3*+1;/p-3. The van der Waals surface area contributed by atoms with Gasteiger partial charge in [0, 0.05) is 0 Å². The van der Waals surface area contributed by atoms with Crippen molar-refractivity contribution < 1.29 is 103 Å². The van der Waals surface area contributed by atoms with E-state index in [-0.39, 0.29) is 88.7 Å². The van der Waals surface area contributed by atoms with Gasteiger partial charge in [-0.3, -0.25) is 0 Å². The Morgan fingerprint density at radius 3 is 1.18 bits per heavy atom. The van der Waals surface area contributed by atoms with Crippen molar-refractivity contribution in [2.24, 2.45) is 5.73 Å². The number of rotatable bonds is 0. The summed E-state index contributed by atoms with van der Waals surface area (Å²) in [5.74, 6) is 0. The Balaban J connectivity index is -0.0000000183. The summed E-state index contributed by atoms with van der Waals surface area (Å²) >= 11 is 3.27. The third-order valence-electron chi connectivity index (χ3n) is 0. The van der Waals surface area contributed by atoms with Gasteiger partial charge in [0.15, 0.2) is 0 Å². The Bertz CT molecular complexity index is 82.4. The molecule has 0 heterocycles. The van der Waals surface area contributed by atoms with Crippen LogP contribution >= 0.6 is 6.72 Å². The van der Waals surface area contributed by atoms with E-state index in [2.05, 4.69) is 11.8 Å². The summed E-state index contributed by atoms with van der Waals surface area (Å²) < 4.78 is 0. The molecule has 0 aromatic heterocycles. The third kappa shape index (κ3) is 146. The molecule has 2 N–H and O–H groups in total. The molecule has 0 rings (SSSR count). The first kappa shape index (κ1) is 29.3. The van der Waals surface area contributed by atoms with E-state index in [1.165, 1.54) is 0 Å². The van der Waals surface area contributed by atoms with E-state index < -0.39 is 6.72 Å². The summed E-state index contributed by atoms with van der Waals surface area (Å²) in [6.07, 6.45) is 0. The molecule has 0 saturated heterocycles. The summed E-state index contributed by atoms with van der Waals surface area (Å²) in [5, 5.41) is 0. The van der Waals surface area contributed by atoms with Crippen LogP contribution in [0.25, 0.3) is 0 Å². The maximum absolute atomic E-state index is 8.92. The summed E-state index contributed by atoms with van der Waals surface area (Å²) in [6.45, 7) is -1.90. The van der Waals surface area contributed by atoms with Crippen LogP contribution in [0.3, 0.4) is 0 Å². The number of hydrogen-bond donors (Lipinski definition) is 1. The van der Waals surface area contributed by atoms with E-state index in [4.69, 9.17) is 20.4 Å². The van der Waals surface area contributed by atoms with Crippen LogP contribution in [0.4, 0.5) is 0 Å². The fourth-order valence-electron chi connectivity index (χ4n) is 0. The average Bonchev–Trinajstić information content (AvgIpc) is 1.27. The molecule has 0 bridgehead atoms. The minimum atomic E-state index is -4.56. The third-order valence-corrected chi connectivity index (χ3v) is 0. The van der Waals surface area contributed by atoms with Crippen LogP contribution in [0.15, 0.2) is 0 Å². The van der Waals surface area contributed by atoms with Gasteiger partial charge < -0.3 is 27.1 Å². The minimum absolute atomic E-state index is 0. The topological polar surface area (TPSA) is 95.2 Å². The van der Waals surface area contributed by atoms with Gasteiger partial charge in [0.05, 0.1) is 0 Å². The van der Waals surface area contributed by atoms with Crippen LogP contribution in [0, 0.1) is 0 Å². The predicted molar refractivity (Wildman–Crippen MR) is 29.0 cm³/mol. The van der Waals surface area contributed by atoms with Crippen molar-refractivity contribution in [3.8, 4) is 0 Å². The first-order valence-electron chi connectivity index (χ1n) is 1.85. The molecular formula is C2H7NNa3O3PS. The molecule has 4 nitrogen and oxygen atoms in total. The van der Waals surface area contributed by atoms with Gasteiger partial charge >= 0.3 is 88.7 Å². The molecular weight excluding hydrogens is 218 g/mol. The van der Waals surface area contributed by atoms with Crippen molar-refractivity contribution >= 4 is 18.5 Å². The van der Waals surface area contributed by atoms with E-state index in [1.807, 2.05) is 6.92 Å². The Morgan fingerprint density at radius 1 is 1.18 bits per heavy atom. The summed E-state index contributed by atoms with van der Waals surface area (Å²) in [7, 11) is 0. The largest absolute Gasteiger partial charge is 1.00 e. The smallest absolute Gasteiger partial charge is 0.844 e. The van der Waals surface area contributed by atoms with Gasteiger partial charge in [-0.25, -0.2) is 0 Å². The van der Waals surface area contributed by atoms with E-state index in [0.717, 1.165) is 6.54 Å². The van der Waals surface area contributed by atoms with Crippen LogP contribution in [0.2, 0.25) is 0 Å². The molecule has 11 heavy (non-hydrogen) atoms. The maximum atomic E-state index is 8.92. The first-order valence-corrected chi connectivity index (χ1v) is 4.40. The van der Waals surface area contributed by atoms with Crippen molar-refractivity contribution in [2.75, 3.05) is 6.54 Å². The van der Waals surface area contributed by atoms with Crippen molar-refractivity contribution in [1.29, 1.82) is 0 Å². The second-order valence-electron chi connectivity index (χ2n) is 0.855. The van der Waals surface area contributed by atoms with Gasteiger partial charge in [0.2, 0.25) is 0 Å². The molecule has 0 aliphatic heterocycles. The van der Waals surface area contributed by atoms with Gasteiger partial charge in [-0.2, -0.15) is 11.8 Å². The fraction of sp³-hybridized carbons (Fsp3) is 1.00. The van der Waals surface area contributed by atoms with Crippen LogP contribution in [0.5, 0.6) is 0 Å². The zero-order valence-corrected chi connectivity index (χ0v) is 15.1. The summed E-state index contributed by atoms with van der Waals surface area (Å²) in [5.41, 5.74) is 4.85. The van der Waals surface area contributed by atoms with Crippen molar-refractivity contribution in [3.63, 3.8) is 0 Å². The van der Waals surface area contributed by atoms with Crippen molar-refractivity contribution in [1.82, 2.24) is 0 Å². The predicted octanol–water partition coefficient (Wildman–Crippen LogP) is -11.7. The first-order chi connectivity index (χ1) is 3.41. The SMILES string of the molecule is CCN.[Na+].[Na+].[Na+].[O-]P([O-])([O-])=S. The van der Waals surface area contributed by atoms with Crippen molar-refractivity contribution in [2.45, 2.75) is 6.92 Å². The molecule has 52 valence electrons. The Labute approximate surface area is 138 Å². The van der Waals surface area contributed by atoms with Crippen LogP contribution in [-0.4, -0.2) is 6.54 Å². The molecule has 0 unspecified atom stereocenters. The zero-order valence-electron chi connectivity index (χ0n) is 7.36. The van der Waals surface area contributed by atoms with Crippen LogP contribution in [0.1, 0.15) is 6.92 Å². The number of nitrogens with two attached hydrogens (primary N) is 1. The average molecular weight is 225 g/mol. The van der Waals surface area contributed by atoms with Gasteiger partial charge in [0.1, 0.15) is 0 Å². The Kier molecular flexibility index (Phi) is 50.9. The normalized spacial score (nSPS) is 7.00. The van der Waals surface area contributed by atoms with E-state index in [9.17, 15) is 0 Å². The molecule has 0 aromatic carbocycles.